The number of nitrogens with zero attached hydrogens (tertiary/aromatic N) is 2. The second-order valence-electron chi connectivity index (χ2n) is 5.07. The van der Waals surface area contributed by atoms with Gasteiger partial charge in [-0.05, 0) is 36.8 Å². The summed E-state index contributed by atoms with van der Waals surface area (Å²) in [6.45, 7) is 3.45. The Morgan fingerprint density at radius 1 is 1.42 bits per heavy atom. The third-order valence-electron chi connectivity index (χ3n) is 3.21. The zero-order valence-electron chi connectivity index (χ0n) is 13.2. The normalized spacial score (nSPS) is 10.3. The van der Waals surface area contributed by atoms with Crippen molar-refractivity contribution in [2.75, 3.05) is 16.2 Å². The first-order chi connectivity index (χ1) is 11.4. The fourth-order valence-electron chi connectivity index (χ4n) is 1.84. The number of thioether (sulfide) groups is 1. The number of Topliss-reactive ketones (excluding diaryl/α,β-unsaturated/α-hetero) is 1. The Hall–Kier alpha value is -1.67. The van der Waals surface area contributed by atoms with Crippen LogP contribution in [0.15, 0.2) is 36.5 Å². The maximum absolute atomic E-state index is 11.2. The maximum atomic E-state index is 11.2. The van der Waals surface area contributed by atoms with Gasteiger partial charge in [-0.25, -0.2) is 5.84 Å². The van der Waals surface area contributed by atoms with Gasteiger partial charge in [0.25, 0.3) is 0 Å². The van der Waals surface area contributed by atoms with Crippen LogP contribution in [0.4, 0.5) is 11.4 Å². The number of hydrazine groups is 1. The van der Waals surface area contributed by atoms with Crippen LogP contribution >= 0.6 is 35.6 Å². The van der Waals surface area contributed by atoms with Crippen molar-refractivity contribution in [3.63, 3.8) is 0 Å². The average molecular weight is 381 g/mol. The van der Waals surface area contributed by atoms with Crippen molar-refractivity contribution in [1.29, 1.82) is 0 Å². The Kier molecular flexibility index (Phi) is 6.56. The van der Waals surface area contributed by atoms with E-state index in [0.717, 1.165) is 11.3 Å². The molecule has 0 spiro atoms. The number of aromatic nitrogens is 1. The molecule has 1 aromatic heterocycles. The number of hydrogen-bond acceptors (Lipinski definition) is 6. The topological polar surface area (TPSA) is 71.2 Å². The van der Waals surface area contributed by atoms with Crippen molar-refractivity contribution in [2.24, 2.45) is 5.84 Å². The van der Waals surface area contributed by atoms with E-state index < -0.39 is 0 Å². The molecule has 0 unspecified atom stereocenters. The SMILES string of the molecule is CC(=O)c1ccc(N(N)CSC(=S)Nc2cc(Cl)ccc2C)cn1. The number of benzene rings is 1. The molecule has 1 heterocycles. The number of nitrogens with two attached hydrogens (primary N) is 1. The number of pyridine rings is 1. The number of thiocarbonyl (C=S) groups is 1. The van der Waals surface area contributed by atoms with E-state index in [1.54, 1.807) is 18.3 Å². The predicted octanol–water partition coefficient (Wildman–Crippen LogP) is 4.01. The van der Waals surface area contributed by atoms with Gasteiger partial charge in [-0.2, -0.15) is 0 Å². The highest BCUT2D eigenvalue weighted by Gasteiger charge is 2.08. The van der Waals surface area contributed by atoms with Gasteiger partial charge in [0.15, 0.2) is 5.78 Å². The predicted molar refractivity (Wildman–Crippen MR) is 106 cm³/mol. The summed E-state index contributed by atoms with van der Waals surface area (Å²) in [5.41, 5.74) is 3.04. The van der Waals surface area contributed by atoms with Gasteiger partial charge in [0, 0.05) is 17.6 Å². The summed E-state index contributed by atoms with van der Waals surface area (Å²) in [6, 6.07) is 8.98. The number of ketones is 1. The summed E-state index contributed by atoms with van der Waals surface area (Å²) >= 11 is 12.7. The Morgan fingerprint density at radius 3 is 2.79 bits per heavy atom. The van der Waals surface area contributed by atoms with Crippen LogP contribution in [0, 0.1) is 6.92 Å². The van der Waals surface area contributed by atoms with Crippen molar-refractivity contribution < 1.29 is 4.79 Å². The van der Waals surface area contributed by atoms with Crippen LogP contribution in [-0.4, -0.2) is 21.0 Å². The van der Waals surface area contributed by atoms with Crippen molar-refractivity contribution in [3.05, 3.63) is 52.8 Å². The van der Waals surface area contributed by atoms with E-state index in [1.165, 1.54) is 23.7 Å². The lowest BCUT2D eigenvalue weighted by atomic mass is 10.2. The lowest BCUT2D eigenvalue weighted by Crippen LogP contribution is -2.31. The van der Waals surface area contributed by atoms with Gasteiger partial charge in [0.1, 0.15) is 10.0 Å². The molecule has 0 saturated carbocycles. The first-order valence-corrected chi connectivity index (χ1v) is 8.83. The second-order valence-corrected chi connectivity index (χ2v) is 7.13. The summed E-state index contributed by atoms with van der Waals surface area (Å²) in [7, 11) is 0. The van der Waals surface area contributed by atoms with Gasteiger partial charge in [-0.15, -0.1) is 0 Å². The molecular formula is C16H17ClN4OS2. The van der Waals surface area contributed by atoms with E-state index in [1.807, 2.05) is 25.1 Å². The summed E-state index contributed by atoms with van der Waals surface area (Å²) < 4.78 is 0.587. The molecule has 0 aliphatic rings. The van der Waals surface area contributed by atoms with E-state index in [-0.39, 0.29) is 5.78 Å². The fraction of sp³-hybridized carbons (Fsp3) is 0.188. The number of nitrogens with one attached hydrogen (secondary N) is 1. The molecule has 2 aromatic rings. The minimum Gasteiger partial charge on any atom is -0.341 e. The van der Waals surface area contributed by atoms with Crippen LogP contribution < -0.4 is 16.2 Å². The standard InChI is InChI=1S/C16H17ClN4OS2/c1-10-3-4-12(17)7-15(10)20-16(23)24-9-21(18)13-5-6-14(11(2)22)19-8-13/h3-8H,9,18H2,1-2H3,(H,20,23). The van der Waals surface area contributed by atoms with Crippen LogP contribution in [0.5, 0.6) is 0 Å². The molecule has 0 bridgehead atoms. The van der Waals surface area contributed by atoms with E-state index in [0.29, 0.717) is 26.6 Å². The highest BCUT2D eigenvalue weighted by atomic mass is 35.5. The van der Waals surface area contributed by atoms with Crippen LogP contribution in [0.1, 0.15) is 23.0 Å². The fourth-order valence-corrected chi connectivity index (χ4v) is 2.87. The third kappa shape index (κ3) is 5.17. The molecule has 0 fully saturated rings. The van der Waals surface area contributed by atoms with Gasteiger partial charge < -0.3 is 5.32 Å². The van der Waals surface area contributed by atoms with Crippen molar-refractivity contribution in [3.8, 4) is 0 Å². The molecule has 1 aromatic carbocycles. The Morgan fingerprint density at radius 2 is 2.17 bits per heavy atom. The Bertz CT molecular complexity index is 752. The molecule has 2 rings (SSSR count). The molecule has 0 saturated heterocycles. The number of anilines is 2. The van der Waals surface area contributed by atoms with Gasteiger partial charge in [-0.1, -0.05) is 41.6 Å². The van der Waals surface area contributed by atoms with E-state index >= 15 is 0 Å². The molecule has 0 radical (unpaired) electrons. The lowest BCUT2D eigenvalue weighted by molar-refractivity contribution is 0.101. The summed E-state index contributed by atoms with van der Waals surface area (Å²) in [5, 5.41) is 5.31. The van der Waals surface area contributed by atoms with Crippen LogP contribution in [0.2, 0.25) is 5.02 Å². The van der Waals surface area contributed by atoms with Gasteiger partial charge in [-0.3, -0.25) is 14.8 Å². The quantitative estimate of drug-likeness (QED) is 0.267. The number of aryl methyl sites for hydroxylation is 1. The highest BCUT2D eigenvalue weighted by Crippen LogP contribution is 2.22. The third-order valence-corrected chi connectivity index (χ3v) is 4.67. The zero-order valence-corrected chi connectivity index (χ0v) is 15.6. The summed E-state index contributed by atoms with van der Waals surface area (Å²) in [4.78, 5) is 15.3. The summed E-state index contributed by atoms with van der Waals surface area (Å²) in [5.74, 6) is 6.35. The van der Waals surface area contributed by atoms with Crippen molar-refractivity contribution >= 4 is 57.1 Å². The monoisotopic (exact) mass is 380 g/mol. The molecule has 0 amide bonds. The molecular weight excluding hydrogens is 364 g/mol. The molecule has 5 nitrogen and oxygen atoms in total. The minimum absolute atomic E-state index is 0.0817. The van der Waals surface area contributed by atoms with Crippen molar-refractivity contribution in [1.82, 2.24) is 4.98 Å². The van der Waals surface area contributed by atoms with Crippen molar-refractivity contribution in [2.45, 2.75) is 13.8 Å². The van der Waals surface area contributed by atoms with Crippen LogP contribution in [0.25, 0.3) is 0 Å². The molecule has 3 N–H and O–H groups in total. The smallest absolute Gasteiger partial charge is 0.178 e. The molecule has 0 aliphatic carbocycles. The number of hydrogen-bond donors (Lipinski definition) is 2. The second kappa shape index (κ2) is 8.43. The van der Waals surface area contributed by atoms with Crippen LogP contribution in [-0.2, 0) is 0 Å². The minimum atomic E-state index is -0.0817. The lowest BCUT2D eigenvalue weighted by Gasteiger charge is -2.18. The van der Waals surface area contributed by atoms with E-state index in [2.05, 4.69) is 10.3 Å². The first kappa shape index (κ1) is 18.7. The zero-order chi connectivity index (χ0) is 17.7. The number of rotatable bonds is 5. The Labute approximate surface area is 155 Å². The van der Waals surface area contributed by atoms with Gasteiger partial charge in [0.2, 0.25) is 0 Å². The highest BCUT2D eigenvalue weighted by molar-refractivity contribution is 8.23. The summed E-state index contributed by atoms with van der Waals surface area (Å²) in [6.07, 6.45) is 1.56. The molecule has 0 atom stereocenters. The van der Waals surface area contributed by atoms with Gasteiger partial charge in [0.05, 0.1) is 17.8 Å². The van der Waals surface area contributed by atoms with Crippen LogP contribution in [0.3, 0.4) is 0 Å². The van der Waals surface area contributed by atoms with E-state index in [4.69, 9.17) is 29.7 Å². The molecule has 0 aliphatic heterocycles. The maximum Gasteiger partial charge on any atom is 0.178 e. The first-order valence-electron chi connectivity index (χ1n) is 7.06. The van der Waals surface area contributed by atoms with E-state index in [9.17, 15) is 4.79 Å². The largest absolute Gasteiger partial charge is 0.341 e. The number of carbonyl (C=O) groups is 1. The van der Waals surface area contributed by atoms with Gasteiger partial charge >= 0.3 is 0 Å². The molecule has 8 heteroatoms. The molecule has 24 heavy (non-hydrogen) atoms. The number of halogens is 1. The Balaban J connectivity index is 1.91. The number of carbonyl (C=O) groups excluding carboxylic acids is 1. The molecule has 126 valence electrons. The average Bonchev–Trinajstić information content (AvgIpc) is 2.56.